The summed E-state index contributed by atoms with van der Waals surface area (Å²) in [6.07, 6.45) is 35.6. The highest BCUT2D eigenvalue weighted by atomic mass is 32.1. The second-order valence-corrected chi connectivity index (χ2v) is 23.9. The minimum Gasteiger partial charge on any atom is -0.494 e. The minimum absolute atomic E-state index is 0.0669. The van der Waals surface area contributed by atoms with Crippen molar-refractivity contribution in [2.75, 3.05) is 26.4 Å². The van der Waals surface area contributed by atoms with Crippen molar-refractivity contribution >= 4 is 18.1 Å². The Morgan fingerprint density at radius 3 is 1.55 bits per heavy atom. The van der Waals surface area contributed by atoms with Crippen LogP contribution in [0.1, 0.15) is 230 Å². The van der Waals surface area contributed by atoms with Gasteiger partial charge in [-0.05, 0) is 162 Å². The number of hydrogen-bond acceptors (Lipinski definition) is 10. The van der Waals surface area contributed by atoms with E-state index in [4.69, 9.17) is 18.9 Å². The van der Waals surface area contributed by atoms with Crippen LogP contribution in [0.15, 0.2) is 114 Å². The molecule has 0 aliphatic heterocycles. The van der Waals surface area contributed by atoms with E-state index in [1.54, 1.807) is 23.7 Å². The lowest BCUT2D eigenvalue weighted by Crippen LogP contribution is -2.27. The Labute approximate surface area is 498 Å². The van der Waals surface area contributed by atoms with Gasteiger partial charge in [-0.25, -0.2) is 14.4 Å². The highest BCUT2D eigenvalue weighted by Crippen LogP contribution is 2.40. The number of aliphatic imine (C=N–C) groups is 1. The number of ether oxygens (including phenoxy) is 4. The first kappa shape index (κ1) is 65.5. The third-order valence-corrected chi connectivity index (χ3v) is 17.3. The number of hydrogen-bond donors (Lipinski definition) is 0. The lowest BCUT2D eigenvalue weighted by Gasteiger charge is -2.34. The van der Waals surface area contributed by atoms with Crippen molar-refractivity contribution in [2.24, 2.45) is 4.99 Å². The van der Waals surface area contributed by atoms with E-state index in [9.17, 15) is 4.39 Å². The molecule has 1 atom stereocenters. The third kappa shape index (κ3) is 23.9. The molecule has 0 amide bonds. The molecule has 2 aromatic heterocycles. The van der Waals surface area contributed by atoms with E-state index >= 15 is 0 Å². The predicted octanol–water partition coefficient (Wildman–Crippen LogP) is 20.8. The quantitative estimate of drug-likeness (QED) is 0.0297. The number of benzene rings is 4. The summed E-state index contributed by atoms with van der Waals surface area (Å²) >= 11 is 1.77. The highest BCUT2D eigenvalue weighted by Gasteiger charge is 2.30. The van der Waals surface area contributed by atoms with Crippen molar-refractivity contribution in [1.82, 2.24) is 20.2 Å². The van der Waals surface area contributed by atoms with E-state index in [1.807, 2.05) is 43.3 Å². The van der Waals surface area contributed by atoms with Crippen LogP contribution in [-0.4, -0.2) is 65.0 Å². The van der Waals surface area contributed by atoms with Crippen molar-refractivity contribution in [3.8, 4) is 56.1 Å². The Bertz CT molecular complexity index is 2580. The summed E-state index contributed by atoms with van der Waals surface area (Å²) in [6, 6.07) is 33.1. The van der Waals surface area contributed by atoms with Crippen molar-refractivity contribution < 1.29 is 23.3 Å². The van der Waals surface area contributed by atoms with Gasteiger partial charge in [-0.1, -0.05) is 184 Å². The minimum atomic E-state index is -0.885. The maximum absolute atomic E-state index is 14.0. The molecule has 2 fully saturated rings. The molecule has 446 valence electrons. The second-order valence-electron chi connectivity index (χ2n) is 22.9. The fourth-order valence-electron chi connectivity index (χ4n) is 10.8. The van der Waals surface area contributed by atoms with Crippen LogP contribution in [0.3, 0.4) is 0 Å². The lowest BCUT2D eigenvalue weighted by atomic mass is 9.75. The molecule has 2 aliphatic carbocycles. The molecule has 2 heterocycles. The Hall–Kier alpha value is -5.68. The average molecular weight is 1140 g/mol. The molecule has 6 aromatic rings. The third-order valence-electron chi connectivity index (χ3n) is 16.1. The number of aromatic nitrogens is 4. The van der Waals surface area contributed by atoms with Crippen LogP contribution in [0.2, 0.25) is 0 Å². The molecule has 9 nitrogen and oxygen atoms in total. The summed E-state index contributed by atoms with van der Waals surface area (Å²) in [7, 11) is 0. The largest absolute Gasteiger partial charge is 0.494 e. The molecule has 1 unspecified atom stereocenters. The van der Waals surface area contributed by atoms with E-state index in [-0.39, 0.29) is 12.1 Å². The molecular weight excluding hydrogens is 1040 g/mol. The molecule has 0 radical (unpaired) electrons. The van der Waals surface area contributed by atoms with E-state index < -0.39 is 6.17 Å². The molecule has 2 saturated carbocycles. The average Bonchev–Trinajstić information content (AvgIpc) is 4.08. The molecule has 0 bridgehead atoms. The second kappa shape index (κ2) is 38.2. The summed E-state index contributed by atoms with van der Waals surface area (Å²) < 4.78 is 36.7. The summed E-state index contributed by atoms with van der Waals surface area (Å²) in [4.78, 5) is 13.1. The topological polar surface area (TPSA) is 101 Å². The molecule has 11 heteroatoms. The van der Waals surface area contributed by atoms with Crippen molar-refractivity contribution in [3.05, 3.63) is 120 Å². The van der Waals surface area contributed by atoms with Crippen LogP contribution in [-0.2, 0) is 0 Å². The fourth-order valence-corrected chi connectivity index (χ4v) is 11.8. The zero-order chi connectivity index (χ0) is 57.9. The zero-order valence-electron chi connectivity index (χ0n) is 50.9. The molecule has 82 heavy (non-hydrogen) atoms. The van der Waals surface area contributed by atoms with Crippen LogP contribution >= 0.6 is 11.3 Å². The summed E-state index contributed by atoms with van der Waals surface area (Å²) in [6.45, 7) is 17.0. The number of rotatable bonds is 33. The van der Waals surface area contributed by atoms with Gasteiger partial charge in [0.2, 0.25) is 0 Å². The maximum Gasteiger partial charge on any atom is 0.159 e. The van der Waals surface area contributed by atoms with Crippen LogP contribution < -0.4 is 18.9 Å². The smallest absolute Gasteiger partial charge is 0.159 e. The van der Waals surface area contributed by atoms with Gasteiger partial charge < -0.3 is 18.9 Å². The number of alkyl halides is 1. The standard InChI is InChI=1S/C28H38FNO.C23H34N2OS.C20H28N2O2/c1-4-5-6-7-8-26(29)21-31-27-15-13-24(14-16-27)22-9-11-23(12-10-22)25-17-19-28(2,30-3)20-18-25;1-2-3-4-5-6-7-11-18-26-21-16-14-20(15-17-21)23-25-24-22(27-23)19-12-9-8-10-13-19;1-3-5-6-7-8-9-14-24-19-15-21-20(22-16-19)17-10-12-18(13-11-17)23-4-2/h9-16,25-26H,3-8,17-21H2,1-2H3;14-17,19H,2-13,18H2,1H3;10-13,15-16H,3-9,14H2,1-2H3. The van der Waals surface area contributed by atoms with Gasteiger partial charge in [-0.15, -0.1) is 10.2 Å². The zero-order valence-corrected chi connectivity index (χ0v) is 51.7. The summed E-state index contributed by atoms with van der Waals surface area (Å²) in [5.41, 5.74) is 5.96. The monoisotopic (exact) mass is 1140 g/mol. The van der Waals surface area contributed by atoms with Gasteiger partial charge in [0.05, 0.1) is 37.8 Å². The van der Waals surface area contributed by atoms with Crippen LogP contribution in [0.25, 0.3) is 33.1 Å². The van der Waals surface area contributed by atoms with Gasteiger partial charge >= 0.3 is 0 Å². The Kier molecular flexibility index (Phi) is 30.5. The first-order valence-electron chi connectivity index (χ1n) is 31.9. The van der Waals surface area contributed by atoms with Gasteiger partial charge in [0.1, 0.15) is 40.0 Å². The van der Waals surface area contributed by atoms with E-state index in [2.05, 4.69) is 120 Å². The van der Waals surface area contributed by atoms with Crippen molar-refractivity contribution in [3.63, 3.8) is 0 Å². The first-order valence-corrected chi connectivity index (χ1v) is 32.7. The molecular formula is C71H100FN5O4S. The van der Waals surface area contributed by atoms with E-state index in [1.165, 1.54) is 145 Å². The lowest BCUT2D eigenvalue weighted by molar-refractivity contribution is 0.184. The normalized spacial score (nSPS) is 16.4. The molecule has 0 spiro atoms. The Morgan fingerprint density at radius 2 is 1.00 bits per heavy atom. The number of halogens is 1. The SMILES string of the molecule is C=NC1(C)CCC(c2ccc(-c3ccc(OCC(F)CCCCCC)cc3)cc2)CC1.CCCCCCCCCOc1ccc(-c2nnc(C3CCCCC3)s2)cc1.CCCCCCCCOc1cnc(-c2ccc(OCC)cc2)nc1. The maximum atomic E-state index is 14.0. The summed E-state index contributed by atoms with van der Waals surface area (Å²) in [5, 5.41) is 11.2. The van der Waals surface area contributed by atoms with Gasteiger partial charge in [0.25, 0.3) is 0 Å². The van der Waals surface area contributed by atoms with Crippen LogP contribution in [0.4, 0.5) is 4.39 Å². The van der Waals surface area contributed by atoms with E-state index in [0.717, 1.165) is 96.4 Å². The number of unbranched alkanes of at least 4 members (excludes halogenated alkanes) is 14. The van der Waals surface area contributed by atoms with Gasteiger partial charge in [0.15, 0.2) is 11.6 Å². The molecule has 8 rings (SSSR count). The first-order chi connectivity index (χ1) is 40.2. The molecule has 0 saturated heterocycles. The Balaban J connectivity index is 0.000000200. The van der Waals surface area contributed by atoms with Crippen LogP contribution in [0, 0.1) is 0 Å². The van der Waals surface area contributed by atoms with Crippen LogP contribution in [0.5, 0.6) is 23.0 Å². The van der Waals surface area contributed by atoms with E-state index in [0.29, 0.717) is 30.7 Å². The Morgan fingerprint density at radius 1 is 0.524 bits per heavy atom. The number of nitrogens with zero attached hydrogens (tertiary/aromatic N) is 5. The summed E-state index contributed by atoms with van der Waals surface area (Å²) in [5.74, 6) is 5.24. The fraction of sp³-hybridized carbons (Fsp3) is 0.563. The predicted molar refractivity (Wildman–Crippen MR) is 342 cm³/mol. The molecule has 2 aliphatic rings. The van der Waals surface area contributed by atoms with Crippen molar-refractivity contribution in [2.45, 2.75) is 232 Å². The highest BCUT2D eigenvalue weighted by molar-refractivity contribution is 7.14. The van der Waals surface area contributed by atoms with Gasteiger partial charge in [-0.3, -0.25) is 4.99 Å². The van der Waals surface area contributed by atoms with Gasteiger partial charge in [-0.2, -0.15) is 0 Å². The van der Waals surface area contributed by atoms with Crippen molar-refractivity contribution in [1.29, 1.82) is 0 Å². The molecule has 0 N–H and O–H groups in total. The van der Waals surface area contributed by atoms with Gasteiger partial charge in [0, 0.05) is 17.0 Å². The molecule has 4 aromatic carbocycles.